The van der Waals surface area contributed by atoms with Crippen LogP contribution in [0.3, 0.4) is 0 Å². The lowest BCUT2D eigenvalue weighted by Crippen LogP contribution is -2.52. The summed E-state index contributed by atoms with van der Waals surface area (Å²) in [7, 11) is 1.58. The number of hydrogen-bond donors (Lipinski definition) is 2. The largest absolute Gasteiger partial charge is 0.355 e. The molecule has 0 saturated carbocycles. The van der Waals surface area contributed by atoms with Crippen LogP contribution < -0.4 is 10.6 Å². The summed E-state index contributed by atoms with van der Waals surface area (Å²) in [5.41, 5.74) is 2.28. The molecule has 2 aromatic carbocycles. The van der Waals surface area contributed by atoms with Crippen molar-refractivity contribution < 1.29 is 14.4 Å². The van der Waals surface area contributed by atoms with E-state index in [1.807, 2.05) is 35.2 Å². The number of carbonyl (C=O) groups excluding carboxylic acids is 3. The molecule has 3 rings (SSSR count). The number of halogens is 1. The van der Waals surface area contributed by atoms with Crippen molar-refractivity contribution in [2.24, 2.45) is 0 Å². The highest BCUT2D eigenvalue weighted by atomic mass is 35.5. The summed E-state index contributed by atoms with van der Waals surface area (Å²) in [6.07, 6.45) is 0. The first-order chi connectivity index (χ1) is 14.9. The third-order valence-corrected chi connectivity index (χ3v) is 5.80. The van der Waals surface area contributed by atoms with E-state index in [-0.39, 0.29) is 30.3 Å². The van der Waals surface area contributed by atoms with Crippen LogP contribution in [0.4, 0.5) is 0 Å². The average molecular weight is 443 g/mol. The minimum absolute atomic E-state index is 0.0295. The second-order valence-corrected chi connectivity index (χ2v) is 7.94. The van der Waals surface area contributed by atoms with E-state index >= 15 is 0 Å². The summed E-state index contributed by atoms with van der Waals surface area (Å²) in [6.45, 7) is 3.76. The Bertz CT molecular complexity index is 965. The lowest BCUT2D eigenvalue weighted by Gasteiger charge is -2.41. The van der Waals surface area contributed by atoms with E-state index in [9.17, 15) is 14.4 Å². The van der Waals surface area contributed by atoms with Gasteiger partial charge in [0.1, 0.15) is 0 Å². The number of benzene rings is 2. The number of nitrogens with zero attached hydrogens (tertiary/aromatic N) is 2. The normalized spacial score (nSPS) is 16.6. The standard InChI is InChI=1S/C23H27ClN4O3/c1-16(29)28-11-10-27(15-22(30)26-13-19-6-3-4-9-20(19)24)14-21(28)17-7-5-8-18(12-17)23(31)25-2/h3-9,12,21H,10-11,13-15H2,1-2H3,(H,25,31)(H,26,30). The van der Waals surface area contributed by atoms with Gasteiger partial charge in [0.2, 0.25) is 11.8 Å². The van der Waals surface area contributed by atoms with Gasteiger partial charge in [-0.3, -0.25) is 19.3 Å². The lowest BCUT2D eigenvalue weighted by molar-refractivity contribution is -0.134. The summed E-state index contributed by atoms with van der Waals surface area (Å²) >= 11 is 6.15. The smallest absolute Gasteiger partial charge is 0.251 e. The van der Waals surface area contributed by atoms with Crippen LogP contribution >= 0.6 is 11.6 Å². The Morgan fingerprint density at radius 3 is 2.58 bits per heavy atom. The first kappa shape index (κ1) is 22.8. The van der Waals surface area contributed by atoms with E-state index in [2.05, 4.69) is 10.6 Å². The second-order valence-electron chi connectivity index (χ2n) is 7.54. The van der Waals surface area contributed by atoms with Crippen LogP contribution in [0.5, 0.6) is 0 Å². The Labute approximate surface area is 187 Å². The van der Waals surface area contributed by atoms with Crippen LogP contribution in [0.25, 0.3) is 0 Å². The SMILES string of the molecule is CNC(=O)c1cccc(C2CN(CC(=O)NCc3ccccc3Cl)CCN2C(C)=O)c1. The third kappa shape index (κ3) is 5.83. The van der Waals surface area contributed by atoms with Gasteiger partial charge in [0.05, 0.1) is 12.6 Å². The van der Waals surface area contributed by atoms with Crippen LogP contribution in [0.1, 0.15) is 34.5 Å². The van der Waals surface area contributed by atoms with Gasteiger partial charge >= 0.3 is 0 Å². The van der Waals surface area contributed by atoms with Crippen molar-refractivity contribution in [1.29, 1.82) is 0 Å². The van der Waals surface area contributed by atoms with Crippen LogP contribution in [0, 0.1) is 0 Å². The van der Waals surface area contributed by atoms with Crippen molar-refractivity contribution in [3.05, 3.63) is 70.2 Å². The van der Waals surface area contributed by atoms with Crippen molar-refractivity contribution in [1.82, 2.24) is 20.4 Å². The van der Waals surface area contributed by atoms with E-state index in [4.69, 9.17) is 11.6 Å². The maximum atomic E-state index is 12.5. The van der Waals surface area contributed by atoms with Crippen molar-refractivity contribution in [3.63, 3.8) is 0 Å². The topological polar surface area (TPSA) is 81.8 Å². The maximum absolute atomic E-state index is 12.5. The molecule has 31 heavy (non-hydrogen) atoms. The number of carbonyl (C=O) groups is 3. The molecule has 0 aromatic heterocycles. The summed E-state index contributed by atoms with van der Waals surface area (Å²) in [6, 6.07) is 14.4. The molecule has 1 atom stereocenters. The fourth-order valence-electron chi connectivity index (χ4n) is 3.77. The quantitative estimate of drug-likeness (QED) is 0.718. The molecule has 0 bridgehead atoms. The molecule has 1 saturated heterocycles. The highest BCUT2D eigenvalue weighted by Gasteiger charge is 2.31. The van der Waals surface area contributed by atoms with Gasteiger partial charge in [-0.2, -0.15) is 0 Å². The zero-order valence-electron chi connectivity index (χ0n) is 17.7. The van der Waals surface area contributed by atoms with Crippen molar-refractivity contribution in [2.45, 2.75) is 19.5 Å². The zero-order chi connectivity index (χ0) is 22.4. The average Bonchev–Trinajstić information content (AvgIpc) is 2.78. The molecule has 1 unspecified atom stereocenters. The van der Waals surface area contributed by atoms with Gasteiger partial charge in [-0.05, 0) is 29.3 Å². The van der Waals surface area contributed by atoms with Crippen molar-refractivity contribution >= 4 is 29.3 Å². The van der Waals surface area contributed by atoms with E-state index in [0.717, 1.165) is 11.1 Å². The molecular formula is C23H27ClN4O3. The summed E-state index contributed by atoms with van der Waals surface area (Å²) in [4.78, 5) is 40.6. The predicted molar refractivity (Wildman–Crippen MR) is 120 cm³/mol. The Morgan fingerprint density at radius 1 is 1.10 bits per heavy atom. The lowest BCUT2D eigenvalue weighted by atomic mass is 9.99. The third-order valence-electron chi connectivity index (χ3n) is 5.43. The fraction of sp³-hybridized carbons (Fsp3) is 0.348. The molecule has 0 radical (unpaired) electrons. The number of nitrogens with one attached hydrogen (secondary N) is 2. The van der Waals surface area contributed by atoms with Crippen LogP contribution in [0.15, 0.2) is 48.5 Å². The summed E-state index contributed by atoms with van der Waals surface area (Å²) in [5.74, 6) is -0.310. The summed E-state index contributed by atoms with van der Waals surface area (Å²) in [5, 5.41) is 6.15. The number of rotatable bonds is 6. The Kier molecular flexibility index (Phi) is 7.65. The van der Waals surface area contributed by atoms with Gasteiger partial charge in [-0.1, -0.05) is 41.9 Å². The van der Waals surface area contributed by atoms with Gasteiger partial charge in [0.25, 0.3) is 5.91 Å². The monoisotopic (exact) mass is 442 g/mol. The van der Waals surface area contributed by atoms with Gasteiger partial charge in [-0.25, -0.2) is 0 Å². The van der Waals surface area contributed by atoms with E-state index in [1.165, 1.54) is 0 Å². The highest BCUT2D eigenvalue weighted by molar-refractivity contribution is 6.31. The van der Waals surface area contributed by atoms with Gasteiger partial charge in [-0.15, -0.1) is 0 Å². The minimum atomic E-state index is -0.229. The van der Waals surface area contributed by atoms with Gasteiger partial charge in [0, 0.05) is 50.7 Å². The molecule has 1 aliphatic heterocycles. The van der Waals surface area contributed by atoms with Crippen molar-refractivity contribution in [3.8, 4) is 0 Å². The highest BCUT2D eigenvalue weighted by Crippen LogP contribution is 2.26. The molecule has 2 N–H and O–H groups in total. The molecule has 0 spiro atoms. The molecule has 3 amide bonds. The minimum Gasteiger partial charge on any atom is -0.355 e. The summed E-state index contributed by atoms with van der Waals surface area (Å²) < 4.78 is 0. The first-order valence-electron chi connectivity index (χ1n) is 10.2. The molecule has 8 heteroatoms. The molecule has 1 heterocycles. The van der Waals surface area contributed by atoms with Crippen LogP contribution in [-0.4, -0.2) is 60.7 Å². The fourth-order valence-corrected chi connectivity index (χ4v) is 3.97. The van der Waals surface area contributed by atoms with Crippen LogP contribution in [-0.2, 0) is 16.1 Å². The molecule has 164 valence electrons. The van der Waals surface area contributed by atoms with Crippen LogP contribution in [0.2, 0.25) is 5.02 Å². The first-order valence-corrected chi connectivity index (χ1v) is 10.6. The predicted octanol–water partition coefficient (Wildman–Crippen LogP) is 2.22. The second kappa shape index (κ2) is 10.4. The van der Waals surface area contributed by atoms with Gasteiger partial charge < -0.3 is 15.5 Å². The number of amides is 3. The Hall–Kier alpha value is -2.90. The maximum Gasteiger partial charge on any atom is 0.251 e. The Morgan fingerprint density at radius 2 is 1.87 bits per heavy atom. The molecule has 1 fully saturated rings. The zero-order valence-corrected chi connectivity index (χ0v) is 18.5. The molecule has 0 aliphatic carbocycles. The van der Waals surface area contributed by atoms with Gasteiger partial charge in [0.15, 0.2) is 0 Å². The van der Waals surface area contributed by atoms with E-state index in [1.54, 1.807) is 37.1 Å². The molecule has 1 aliphatic rings. The molecular weight excluding hydrogens is 416 g/mol. The van der Waals surface area contributed by atoms with Crippen molar-refractivity contribution in [2.75, 3.05) is 33.2 Å². The molecule has 7 nitrogen and oxygen atoms in total. The molecule has 2 aromatic rings. The number of piperazine rings is 1. The van der Waals surface area contributed by atoms with E-state index < -0.39 is 0 Å². The Balaban J connectivity index is 1.67. The van der Waals surface area contributed by atoms with E-state index in [0.29, 0.717) is 36.8 Å². The number of hydrogen-bond acceptors (Lipinski definition) is 4.